The number of thiazole rings is 1. The number of carbonyl (C=O) groups is 2. The van der Waals surface area contributed by atoms with Crippen molar-refractivity contribution in [2.24, 2.45) is 0 Å². The van der Waals surface area contributed by atoms with E-state index in [1.807, 2.05) is 24.3 Å². The number of aryl methyl sites for hydroxylation is 2. The fourth-order valence-corrected chi connectivity index (χ4v) is 3.29. The minimum absolute atomic E-state index is 0.0464. The Balaban J connectivity index is 1.79. The van der Waals surface area contributed by atoms with Gasteiger partial charge in [-0.1, -0.05) is 30.3 Å². The molecule has 0 unspecified atom stereocenters. The zero-order valence-corrected chi connectivity index (χ0v) is 16.5. The van der Waals surface area contributed by atoms with Gasteiger partial charge < -0.3 is 4.74 Å². The van der Waals surface area contributed by atoms with Gasteiger partial charge in [0.2, 0.25) is 0 Å². The Bertz CT molecular complexity index is 1100. The summed E-state index contributed by atoms with van der Waals surface area (Å²) in [5, 5.41) is 22.6. The van der Waals surface area contributed by atoms with Gasteiger partial charge in [0.15, 0.2) is 29.8 Å². The molecule has 0 fully saturated rings. The highest BCUT2D eigenvalue weighted by molar-refractivity contribution is 7.09. The molecule has 146 valence electrons. The minimum Gasteiger partial charge on any atom is -0.453 e. The third-order valence-corrected chi connectivity index (χ3v) is 4.87. The van der Waals surface area contributed by atoms with Crippen molar-refractivity contribution in [3.8, 4) is 6.07 Å². The Hall–Kier alpha value is -3.71. The maximum absolute atomic E-state index is 12.7. The molecular weight excluding hydrogens is 392 g/mol. The highest BCUT2D eigenvalue weighted by Gasteiger charge is 2.26. The molecule has 0 saturated heterocycles. The van der Waals surface area contributed by atoms with Crippen LogP contribution in [0, 0.1) is 25.2 Å². The van der Waals surface area contributed by atoms with Crippen LogP contribution in [-0.2, 0) is 14.3 Å². The quantitative estimate of drug-likeness (QED) is 0.430. The van der Waals surface area contributed by atoms with Crippen molar-refractivity contribution in [1.29, 1.82) is 5.26 Å². The SMILES string of the molecule is Cc1csc([C@H](C#N)C(=O)COC(=O)/C(=C/c2ccccc2)n2nnnc2C)n1. The zero-order chi connectivity index (χ0) is 20.8. The van der Waals surface area contributed by atoms with Gasteiger partial charge in [-0.15, -0.1) is 16.4 Å². The predicted molar refractivity (Wildman–Crippen MR) is 104 cm³/mol. The number of ketones is 1. The summed E-state index contributed by atoms with van der Waals surface area (Å²) in [6.07, 6.45) is 1.56. The monoisotopic (exact) mass is 408 g/mol. The summed E-state index contributed by atoms with van der Waals surface area (Å²) in [4.78, 5) is 29.3. The first-order valence-electron chi connectivity index (χ1n) is 8.53. The summed E-state index contributed by atoms with van der Waals surface area (Å²) in [7, 11) is 0. The van der Waals surface area contributed by atoms with Gasteiger partial charge in [-0.05, 0) is 35.9 Å². The molecular formula is C19H16N6O3S. The first kappa shape index (κ1) is 20.0. The third-order valence-electron chi connectivity index (χ3n) is 3.85. The van der Waals surface area contributed by atoms with E-state index in [4.69, 9.17) is 4.74 Å². The first-order valence-corrected chi connectivity index (χ1v) is 9.41. The maximum atomic E-state index is 12.7. The summed E-state index contributed by atoms with van der Waals surface area (Å²) < 4.78 is 6.41. The van der Waals surface area contributed by atoms with Crippen molar-refractivity contribution >= 4 is 34.9 Å². The van der Waals surface area contributed by atoms with Gasteiger partial charge in [0.05, 0.1) is 6.07 Å². The maximum Gasteiger partial charge on any atom is 0.357 e. The molecule has 29 heavy (non-hydrogen) atoms. The Morgan fingerprint density at radius 3 is 2.66 bits per heavy atom. The summed E-state index contributed by atoms with van der Waals surface area (Å²) in [5.41, 5.74) is 1.50. The molecule has 2 aromatic heterocycles. The average molecular weight is 408 g/mol. The van der Waals surface area contributed by atoms with Crippen molar-refractivity contribution in [3.63, 3.8) is 0 Å². The van der Waals surface area contributed by atoms with Gasteiger partial charge >= 0.3 is 5.97 Å². The Morgan fingerprint density at radius 1 is 1.31 bits per heavy atom. The summed E-state index contributed by atoms with van der Waals surface area (Å²) >= 11 is 1.22. The first-order chi connectivity index (χ1) is 14.0. The van der Waals surface area contributed by atoms with E-state index in [1.165, 1.54) is 16.0 Å². The number of Topliss-reactive ketones (excluding diaryl/α,β-unsaturated/α-hetero) is 1. The van der Waals surface area contributed by atoms with Crippen LogP contribution in [0.3, 0.4) is 0 Å². The molecule has 0 N–H and O–H groups in total. The van der Waals surface area contributed by atoms with Crippen molar-refractivity contribution in [1.82, 2.24) is 25.2 Å². The van der Waals surface area contributed by atoms with Gasteiger partial charge in [0.25, 0.3) is 0 Å². The Kier molecular flexibility index (Phi) is 6.21. The van der Waals surface area contributed by atoms with Crippen LogP contribution in [-0.4, -0.2) is 43.6 Å². The van der Waals surface area contributed by atoms with E-state index in [9.17, 15) is 14.9 Å². The zero-order valence-electron chi connectivity index (χ0n) is 15.6. The lowest BCUT2D eigenvalue weighted by Gasteiger charge is -2.10. The standard InChI is InChI=1S/C19H16N6O3S/c1-12-11-29-18(21-12)15(9-20)17(26)10-28-19(27)16(25-13(2)22-23-24-25)8-14-6-4-3-5-7-14/h3-8,11,15H,10H2,1-2H3/b16-8-/t15-/m1/s1. The molecule has 0 bridgehead atoms. The number of tetrazole rings is 1. The molecule has 0 aliphatic carbocycles. The predicted octanol–water partition coefficient (Wildman–Crippen LogP) is 2.16. The topological polar surface area (TPSA) is 124 Å². The average Bonchev–Trinajstić information content (AvgIpc) is 3.34. The molecule has 2 heterocycles. The number of nitriles is 1. The van der Waals surface area contributed by atoms with Crippen LogP contribution < -0.4 is 0 Å². The molecule has 3 aromatic rings. The molecule has 0 aliphatic rings. The van der Waals surface area contributed by atoms with Crippen molar-refractivity contribution < 1.29 is 14.3 Å². The van der Waals surface area contributed by atoms with E-state index in [-0.39, 0.29) is 5.70 Å². The number of hydrogen-bond acceptors (Lipinski definition) is 9. The summed E-state index contributed by atoms with van der Waals surface area (Å²) in [6, 6.07) is 11.0. The molecule has 1 aromatic carbocycles. The van der Waals surface area contributed by atoms with Crippen LogP contribution in [0.4, 0.5) is 0 Å². The molecule has 3 rings (SSSR count). The second-order valence-electron chi connectivity index (χ2n) is 6.01. The molecule has 10 heteroatoms. The molecule has 0 radical (unpaired) electrons. The summed E-state index contributed by atoms with van der Waals surface area (Å²) in [5.74, 6) is -2.05. The van der Waals surface area contributed by atoms with Crippen LogP contribution in [0.5, 0.6) is 0 Å². The van der Waals surface area contributed by atoms with E-state index < -0.39 is 24.3 Å². The van der Waals surface area contributed by atoms with E-state index in [0.29, 0.717) is 10.8 Å². The molecule has 0 amide bonds. The Labute approximate surface area is 170 Å². The van der Waals surface area contributed by atoms with E-state index in [0.717, 1.165) is 11.3 Å². The lowest BCUT2D eigenvalue weighted by Crippen LogP contribution is -2.22. The second-order valence-corrected chi connectivity index (χ2v) is 6.90. The van der Waals surface area contributed by atoms with Crippen LogP contribution in [0.25, 0.3) is 11.8 Å². The lowest BCUT2D eigenvalue weighted by atomic mass is 10.1. The number of benzene rings is 1. The molecule has 0 spiro atoms. The largest absolute Gasteiger partial charge is 0.453 e. The number of rotatable bonds is 7. The van der Waals surface area contributed by atoms with Crippen molar-refractivity contribution in [2.75, 3.05) is 6.61 Å². The highest BCUT2D eigenvalue weighted by Crippen LogP contribution is 2.21. The molecule has 0 saturated carbocycles. The van der Waals surface area contributed by atoms with Crippen LogP contribution >= 0.6 is 11.3 Å². The summed E-state index contributed by atoms with van der Waals surface area (Å²) in [6.45, 7) is 2.84. The lowest BCUT2D eigenvalue weighted by molar-refractivity contribution is -0.142. The Morgan fingerprint density at radius 2 is 2.07 bits per heavy atom. The van der Waals surface area contributed by atoms with E-state index in [2.05, 4.69) is 20.5 Å². The fourth-order valence-electron chi connectivity index (χ4n) is 2.43. The van der Waals surface area contributed by atoms with E-state index in [1.54, 1.807) is 37.4 Å². The van der Waals surface area contributed by atoms with Gasteiger partial charge in [-0.3, -0.25) is 4.79 Å². The normalized spacial score (nSPS) is 12.2. The van der Waals surface area contributed by atoms with Gasteiger partial charge in [0, 0.05) is 11.1 Å². The molecule has 9 nitrogen and oxygen atoms in total. The fraction of sp³-hybridized carbons (Fsp3) is 0.211. The minimum atomic E-state index is -1.09. The smallest absolute Gasteiger partial charge is 0.357 e. The van der Waals surface area contributed by atoms with Gasteiger partial charge in [0.1, 0.15) is 5.01 Å². The number of carbonyl (C=O) groups excluding carboxylic acids is 2. The van der Waals surface area contributed by atoms with E-state index >= 15 is 0 Å². The number of esters is 1. The molecule has 0 aliphatic heterocycles. The molecule has 1 atom stereocenters. The van der Waals surface area contributed by atoms with Crippen molar-refractivity contribution in [3.05, 3.63) is 57.8 Å². The number of aromatic nitrogens is 5. The van der Waals surface area contributed by atoms with Gasteiger partial charge in [-0.2, -0.15) is 9.94 Å². The van der Waals surface area contributed by atoms with Gasteiger partial charge in [-0.25, -0.2) is 9.78 Å². The number of nitrogens with zero attached hydrogens (tertiary/aromatic N) is 6. The highest BCUT2D eigenvalue weighted by atomic mass is 32.1. The third kappa shape index (κ3) is 4.77. The number of hydrogen-bond donors (Lipinski definition) is 0. The van der Waals surface area contributed by atoms with Crippen LogP contribution in [0.1, 0.15) is 28.0 Å². The second kappa shape index (κ2) is 8.99. The van der Waals surface area contributed by atoms with Crippen LogP contribution in [0.15, 0.2) is 35.7 Å². The number of ether oxygens (including phenoxy) is 1. The van der Waals surface area contributed by atoms with Crippen molar-refractivity contribution in [2.45, 2.75) is 19.8 Å². The van der Waals surface area contributed by atoms with Crippen LogP contribution in [0.2, 0.25) is 0 Å².